The second-order valence-corrected chi connectivity index (χ2v) is 5.50. The van der Waals surface area contributed by atoms with Gasteiger partial charge in [0.15, 0.2) is 11.5 Å². The van der Waals surface area contributed by atoms with Crippen LogP contribution in [0.15, 0.2) is 44.5 Å². The van der Waals surface area contributed by atoms with Crippen molar-refractivity contribution in [3.8, 4) is 22.8 Å². The van der Waals surface area contributed by atoms with Crippen LogP contribution in [0.1, 0.15) is 0 Å². The summed E-state index contributed by atoms with van der Waals surface area (Å²) in [7, 11) is 3.13. The van der Waals surface area contributed by atoms with E-state index in [-0.39, 0.29) is 11.5 Å². The van der Waals surface area contributed by atoms with E-state index in [1.807, 2.05) is 24.3 Å². The fourth-order valence-electron chi connectivity index (χ4n) is 2.10. The molecule has 0 fully saturated rings. The minimum Gasteiger partial charge on any atom is -0.332 e. The molecule has 0 N–H and O–H groups in total. The summed E-state index contributed by atoms with van der Waals surface area (Å²) >= 11 is 3.47. The molecule has 2 aliphatic heterocycles. The Morgan fingerprint density at radius 2 is 1.81 bits per heavy atom. The van der Waals surface area contributed by atoms with E-state index in [0.717, 1.165) is 14.6 Å². The van der Waals surface area contributed by atoms with Crippen molar-refractivity contribution >= 4 is 15.9 Å². The predicted molar refractivity (Wildman–Crippen MR) is 82.3 cm³/mol. The van der Waals surface area contributed by atoms with Crippen molar-refractivity contribution in [1.29, 1.82) is 0 Å². The molecule has 2 heterocycles. The molecule has 0 aromatic heterocycles. The van der Waals surface area contributed by atoms with Crippen LogP contribution < -0.4 is 11.2 Å². The van der Waals surface area contributed by atoms with E-state index in [2.05, 4.69) is 25.9 Å². The van der Waals surface area contributed by atoms with Gasteiger partial charge in [-0.15, -0.1) is 0 Å². The van der Waals surface area contributed by atoms with E-state index in [1.54, 1.807) is 17.8 Å². The van der Waals surface area contributed by atoms with Crippen molar-refractivity contribution in [3.05, 3.63) is 55.8 Å². The van der Waals surface area contributed by atoms with Crippen LogP contribution in [0.3, 0.4) is 0 Å². The number of halogens is 1. The Morgan fingerprint density at radius 3 is 2.52 bits per heavy atom. The van der Waals surface area contributed by atoms with Crippen LogP contribution in [-0.4, -0.2) is 19.1 Å². The number of aryl methyl sites for hydroxylation is 1. The number of aromatic nitrogens is 4. The SMILES string of the molecule is Cn1cc(-c2ccccc2Br)nc2c(=O)n(C)c(=O)nc1-2. The molecule has 106 valence electrons. The molecule has 21 heavy (non-hydrogen) atoms. The summed E-state index contributed by atoms with van der Waals surface area (Å²) < 4.78 is 3.47. The Balaban J connectivity index is 2.40. The van der Waals surface area contributed by atoms with Crippen molar-refractivity contribution < 1.29 is 0 Å². The monoisotopic (exact) mass is 346 g/mol. The van der Waals surface area contributed by atoms with Crippen LogP contribution >= 0.6 is 15.9 Å². The summed E-state index contributed by atoms with van der Waals surface area (Å²) in [4.78, 5) is 32.1. The van der Waals surface area contributed by atoms with Crippen LogP contribution in [0.4, 0.5) is 0 Å². The van der Waals surface area contributed by atoms with Crippen molar-refractivity contribution in [2.24, 2.45) is 14.1 Å². The van der Waals surface area contributed by atoms with Gasteiger partial charge in [-0.1, -0.05) is 34.1 Å². The van der Waals surface area contributed by atoms with Gasteiger partial charge >= 0.3 is 5.69 Å². The number of hydrogen-bond acceptors (Lipinski definition) is 4. The van der Waals surface area contributed by atoms with Crippen LogP contribution in [0, 0.1) is 0 Å². The van der Waals surface area contributed by atoms with Gasteiger partial charge in [0.05, 0.1) is 5.69 Å². The first-order chi connectivity index (χ1) is 9.99. The van der Waals surface area contributed by atoms with Crippen LogP contribution in [-0.2, 0) is 14.1 Å². The van der Waals surface area contributed by atoms with E-state index in [4.69, 9.17) is 0 Å². The maximum absolute atomic E-state index is 12.2. The smallest absolute Gasteiger partial charge is 0.332 e. The third-order valence-corrected chi connectivity index (χ3v) is 3.93. The standard InChI is InChI=1S/C14H11BrN4O2/c1-18-7-10(8-5-3-4-6-9(8)15)16-11-12(18)17-14(21)19(2)13(11)20/h3-7H,1-2H3. The molecule has 0 saturated heterocycles. The highest BCUT2D eigenvalue weighted by Gasteiger charge is 2.18. The highest BCUT2D eigenvalue weighted by Crippen LogP contribution is 2.27. The summed E-state index contributed by atoms with van der Waals surface area (Å²) in [6.07, 6.45) is 1.74. The Morgan fingerprint density at radius 1 is 1.10 bits per heavy atom. The molecular formula is C14H11BrN4O2. The second kappa shape index (κ2) is 4.92. The van der Waals surface area contributed by atoms with Crippen LogP contribution in [0.25, 0.3) is 22.8 Å². The molecule has 1 aromatic carbocycles. The molecule has 1 aromatic rings. The molecule has 0 aliphatic carbocycles. The lowest BCUT2D eigenvalue weighted by atomic mass is 10.1. The van der Waals surface area contributed by atoms with Gasteiger partial charge in [-0.3, -0.25) is 9.36 Å². The molecule has 0 spiro atoms. The fraction of sp³-hybridized carbons (Fsp3) is 0.143. The maximum Gasteiger partial charge on any atom is 0.352 e. The van der Waals surface area contributed by atoms with Crippen molar-refractivity contribution in [3.63, 3.8) is 0 Å². The van der Waals surface area contributed by atoms with Crippen molar-refractivity contribution in [1.82, 2.24) is 19.1 Å². The third-order valence-electron chi connectivity index (χ3n) is 3.24. The molecule has 0 saturated carbocycles. The lowest BCUT2D eigenvalue weighted by molar-refractivity contribution is 0.739. The number of rotatable bonds is 1. The molecule has 0 unspecified atom stereocenters. The number of fused-ring (bicyclic) bond motifs is 1. The van der Waals surface area contributed by atoms with Crippen LogP contribution in [0.5, 0.6) is 0 Å². The van der Waals surface area contributed by atoms with Gasteiger partial charge < -0.3 is 4.57 Å². The Labute approximate surface area is 128 Å². The van der Waals surface area contributed by atoms with Gasteiger partial charge in [0, 0.05) is 30.3 Å². The largest absolute Gasteiger partial charge is 0.352 e. The van der Waals surface area contributed by atoms with E-state index in [0.29, 0.717) is 5.69 Å². The minimum atomic E-state index is -0.585. The average Bonchev–Trinajstić information content (AvgIpc) is 2.46. The number of hydrogen-bond donors (Lipinski definition) is 0. The van der Waals surface area contributed by atoms with Gasteiger partial charge in [-0.2, -0.15) is 4.98 Å². The Bertz CT molecular complexity index is 929. The fourth-order valence-corrected chi connectivity index (χ4v) is 2.58. The minimum absolute atomic E-state index is 0.174. The average molecular weight is 347 g/mol. The zero-order valence-corrected chi connectivity index (χ0v) is 13.0. The van der Waals surface area contributed by atoms with Gasteiger partial charge in [0.2, 0.25) is 0 Å². The zero-order valence-electron chi connectivity index (χ0n) is 11.4. The molecule has 6 nitrogen and oxygen atoms in total. The van der Waals surface area contributed by atoms with Gasteiger partial charge in [0.25, 0.3) is 5.56 Å². The highest BCUT2D eigenvalue weighted by atomic mass is 79.9. The summed E-state index contributed by atoms with van der Waals surface area (Å²) in [5.74, 6) is 0.277. The normalized spacial score (nSPS) is 11.0. The maximum atomic E-state index is 12.2. The van der Waals surface area contributed by atoms with Crippen molar-refractivity contribution in [2.75, 3.05) is 0 Å². The first-order valence-corrected chi connectivity index (χ1v) is 6.97. The summed E-state index contributed by atoms with van der Waals surface area (Å²) in [5, 5.41) is 0. The summed E-state index contributed by atoms with van der Waals surface area (Å²) in [6.45, 7) is 0. The Kier molecular flexibility index (Phi) is 3.21. The molecule has 0 amide bonds. The lowest BCUT2D eigenvalue weighted by Gasteiger charge is -2.13. The number of nitrogens with zero attached hydrogens (tertiary/aromatic N) is 4. The lowest BCUT2D eigenvalue weighted by Crippen LogP contribution is -2.36. The first kappa shape index (κ1) is 13.7. The molecule has 0 atom stereocenters. The summed E-state index contributed by atoms with van der Waals surface area (Å²) in [6, 6.07) is 7.60. The number of benzene rings is 1. The van der Waals surface area contributed by atoms with E-state index in [9.17, 15) is 9.59 Å². The van der Waals surface area contributed by atoms with Crippen LogP contribution in [0.2, 0.25) is 0 Å². The second-order valence-electron chi connectivity index (χ2n) is 4.65. The molecule has 7 heteroatoms. The third kappa shape index (κ3) is 2.19. The van der Waals surface area contributed by atoms with E-state index < -0.39 is 11.2 Å². The van der Waals surface area contributed by atoms with E-state index in [1.165, 1.54) is 7.05 Å². The predicted octanol–water partition coefficient (Wildman–Crippen LogP) is 1.41. The summed E-state index contributed by atoms with van der Waals surface area (Å²) in [5.41, 5.74) is 0.638. The topological polar surface area (TPSA) is 69.8 Å². The van der Waals surface area contributed by atoms with E-state index >= 15 is 0 Å². The Hall–Kier alpha value is -2.28. The zero-order chi connectivity index (χ0) is 15.1. The quantitative estimate of drug-likeness (QED) is 0.667. The molecule has 0 bridgehead atoms. The molecule has 3 rings (SSSR count). The molecule has 2 aliphatic rings. The van der Waals surface area contributed by atoms with Gasteiger partial charge in [-0.25, -0.2) is 9.78 Å². The molecule has 0 radical (unpaired) electrons. The first-order valence-electron chi connectivity index (χ1n) is 6.18. The van der Waals surface area contributed by atoms with Crippen molar-refractivity contribution in [2.45, 2.75) is 0 Å². The van der Waals surface area contributed by atoms with Gasteiger partial charge in [-0.05, 0) is 6.07 Å². The highest BCUT2D eigenvalue weighted by molar-refractivity contribution is 9.10. The van der Waals surface area contributed by atoms with Gasteiger partial charge in [0.1, 0.15) is 0 Å². The molecular weight excluding hydrogens is 336 g/mol.